The van der Waals surface area contributed by atoms with Gasteiger partial charge >= 0.3 is 0 Å². The third-order valence-electron chi connectivity index (χ3n) is 3.19. The van der Waals surface area contributed by atoms with Gasteiger partial charge in [-0.2, -0.15) is 0 Å². The number of halogens is 1. The van der Waals surface area contributed by atoms with Crippen molar-refractivity contribution < 1.29 is 14.3 Å². The number of carbonyl (C=O) groups is 1. The molecule has 0 atom stereocenters. The van der Waals surface area contributed by atoms with Crippen molar-refractivity contribution in [3.8, 4) is 11.5 Å². The van der Waals surface area contributed by atoms with E-state index < -0.39 is 0 Å². The molecule has 1 amide bonds. The maximum Gasteiger partial charge on any atom is 0.233 e. The number of fused-ring (bicyclic) bond motifs is 1. The number of hydrogen-bond donors (Lipinski definition) is 0. The van der Waals surface area contributed by atoms with Crippen LogP contribution in [0.25, 0.3) is 0 Å². The van der Waals surface area contributed by atoms with Gasteiger partial charge in [0.2, 0.25) is 5.91 Å². The smallest absolute Gasteiger partial charge is 0.233 e. The van der Waals surface area contributed by atoms with E-state index in [0.29, 0.717) is 17.6 Å². The molecule has 0 spiro atoms. The molecule has 0 bridgehead atoms. The molecule has 0 fully saturated rings. The Morgan fingerprint density at radius 3 is 2.44 bits per heavy atom. The van der Waals surface area contributed by atoms with Crippen LogP contribution in [0.5, 0.6) is 11.5 Å². The first-order chi connectivity index (χ1) is 8.69. The summed E-state index contributed by atoms with van der Waals surface area (Å²) in [6.45, 7) is 1.40. The van der Waals surface area contributed by atoms with Crippen molar-refractivity contribution in [3.63, 3.8) is 0 Å². The molecule has 1 aliphatic heterocycles. The molecule has 0 aliphatic carbocycles. The van der Waals surface area contributed by atoms with Crippen molar-refractivity contribution in [2.45, 2.75) is 13.0 Å². The van der Waals surface area contributed by atoms with Crippen LogP contribution in [0.15, 0.2) is 12.1 Å². The average Bonchev–Trinajstić information content (AvgIpc) is 2.44. The molecule has 5 heteroatoms. The van der Waals surface area contributed by atoms with Crippen LogP contribution >= 0.6 is 15.9 Å². The summed E-state index contributed by atoms with van der Waals surface area (Å²) in [5, 5.41) is 0.371. The van der Waals surface area contributed by atoms with Crippen LogP contribution in [-0.4, -0.2) is 36.9 Å². The standard InChI is InChI=1S/C13H16BrNO3/c1-17-11-5-9-3-4-15(13(16)7-14)8-10(9)6-12(11)18-2/h5-6H,3-4,7-8H2,1-2H3. The van der Waals surface area contributed by atoms with Gasteiger partial charge in [0.25, 0.3) is 0 Å². The predicted octanol–water partition coefficient (Wildman–Crippen LogP) is 1.98. The summed E-state index contributed by atoms with van der Waals surface area (Å²) in [5.41, 5.74) is 2.36. The van der Waals surface area contributed by atoms with Crippen molar-refractivity contribution >= 4 is 21.8 Å². The molecule has 0 saturated carbocycles. The van der Waals surface area contributed by atoms with Gasteiger partial charge < -0.3 is 14.4 Å². The fraction of sp³-hybridized carbons (Fsp3) is 0.462. The SMILES string of the molecule is COc1cc2c(cc1OC)CN(C(=O)CBr)CC2. The summed E-state index contributed by atoms with van der Waals surface area (Å²) in [6, 6.07) is 3.96. The Morgan fingerprint density at radius 1 is 1.28 bits per heavy atom. The zero-order valence-corrected chi connectivity index (χ0v) is 12.1. The molecule has 98 valence electrons. The van der Waals surface area contributed by atoms with E-state index in [0.717, 1.165) is 24.3 Å². The molecule has 0 unspecified atom stereocenters. The molecule has 0 N–H and O–H groups in total. The number of methoxy groups -OCH3 is 2. The van der Waals surface area contributed by atoms with Gasteiger partial charge in [0.15, 0.2) is 11.5 Å². The van der Waals surface area contributed by atoms with Crippen LogP contribution in [0.4, 0.5) is 0 Å². The summed E-state index contributed by atoms with van der Waals surface area (Å²) in [6.07, 6.45) is 0.856. The number of alkyl halides is 1. The Balaban J connectivity index is 2.29. The molecule has 1 aromatic carbocycles. The lowest BCUT2D eigenvalue weighted by Crippen LogP contribution is -2.36. The number of benzene rings is 1. The minimum atomic E-state index is 0.121. The second-order valence-electron chi connectivity index (χ2n) is 4.17. The van der Waals surface area contributed by atoms with Gasteiger partial charge in [0.05, 0.1) is 19.5 Å². The maximum atomic E-state index is 11.7. The Labute approximate surface area is 115 Å². The highest BCUT2D eigenvalue weighted by molar-refractivity contribution is 9.09. The highest BCUT2D eigenvalue weighted by Gasteiger charge is 2.21. The number of rotatable bonds is 3. The van der Waals surface area contributed by atoms with E-state index in [9.17, 15) is 4.79 Å². The van der Waals surface area contributed by atoms with Gasteiger partial charge in [-0.15, -0.1) is 0 Å². The van der Waals surface area contributed by atoms with E-state index in [-0.39, 0.29) is 5.91 Å². The summed E-state index contributed by atoms with van der Waals surface area (Å²) < 4.78 is 10.6. The monoisotopic (exact) mass is 313 g/mol. The van der Waals surface area contributed by atoms with Crippen LogP contribution < -0.4 is 9.47 Å². The van der Waals surface area contributed by atoms with Crippen molar-refractivity contribution in [2.24, 2.45) is 0 Å². The van der Waals surface area contributed by atoms with Crippen LogP contribution in [0, 0.1) is 0 Å². The topological polar surface area (TPSA) is 38.8 Å². The third-order valence-corrected chi connectivity index (χ3v) is 3.66. The first-order valence-electron chi connectivity index (χ1n) is 5.77. The molecular formula is C13H16BrNO3. The number of hydrogen-bond acceptors (Lipinski definition) is 3. The van der Waals surface area contributed by atoms with Crippen molar-refractivity contribution in [3.05, 3.63) is 23.3 Å². The van der Waals surface area contributed by atoms with Crippen molar-refractivity contribution in [1.82, 2.24) is 4.90 Å². The van der Waals surface area contributed by atoms with Crippen LogP contribution in [-0.2, 0) is 17.8 Å². The predicted molar refractivity (Wildman–Crippen MR) is 72.5 cm³/mol. The van der Waals surface area contributed by atoms with Gasteiger partial charge in [-0.1, -0.05) is 15.9 Å². The number of nitrogens with zero attached hydrogens (tertiary/aromatic N) is 1. The molecule has 0 saturated heterocycles. The van der Waals surface area contributed by atoms with Crippen LogP contribution in [0.1, 0.15) is 11.1 Å². The Kier molecular flexibility index (Phi) is 4.11. The van der Waals surface area contributed by atoms with E-state index in [2.05, 4.69) is 15.9 Å². The van der Waals surface area contributed by atoms with Gasteiger partial charge in [-0.05, 0) is 29.7 Å². The molecule has 0 aromatic heterocycles. The first-order valence-corrected chi connectivity index (χ1v) is 6.89. The largest absolute Gasteiger partial charge is 0.493 e. The highest BCUT2D eigenvalue weighted by atomic mass is 79.9. The fourth-order valence-electron chi connectivity index (χ4n) is 2.18. The first kappa shape index (κ1) is 13.2. The van der Waals surface area contributed by atoms with Crippen LogP contribution in [0.2, 0.25) is 0 Å². The maximum absolute atomic E-state index is 11.7. The number of ether oxygens (including phenoxy) is 2. The van der Waals surface area contributed by atoms with E-state index in [4.69, 9.17) is 9.47 Å². The Bertz CT molecular complexity index is 462. The number of carbonyl (C=O) groups excluding carboxylic acids is 1. The summed E-state index contributed by atoms with van der Waals surface area (Å²) >= 11 is 3.21. The zero-order valence-electron chi connectivity index (χ0n) is 10.5. The van der Waals surface area contributed by atoms with E-state index in [1.165, 1.54) is 5.56 Å². The lowest BCUT2D eigenvalue weighted by Gasteiger charge is -2.29. The van der Waals surface area contributed by atoms with Crippen molar-refractivity contribution in [1.29, 1.82) is 0 Å². The molecule has 1 aromatic rings. The molecule has 1 aliphatic rings. The fourth-order valence-corrected chi connectivity index (χ4v) is 2.54. The van der Waals surface area contributed by atoms with E-state index in [1.54, 1.807) is 14.2 Å². The molecule has 1 heterocycles. The molecular weight excluding hydrogens is 298 g/mol. The van der Waals surface area contributed by atoms with E-state index in [1.807, 2.05) is 17.0 Å². The number of amides is 1. The Hall–Kier alpha value is -1.23. The normalized spacial score (nSPS) is 14.1. The second kappa shape index (κ2) is 5.61. The summed E-state index contributed by atoms with van der Waals surface area (Å²) in [5.74, 6) is 1.58. The van der Waals surface area contributed by atoms with Crippen LogP contribution in [0.3, 0.4) is 0 Å². The lowest BCUT2D eigenvalue weighted by atomic mass is 9.99. The molecule has 4 nitrogen and oxygen atoms in total. The quantitative estimate of drug-likeness (QED) is 0.801. The second-order valence-corrected chi connectivity index (χ2v) is 4.74. The zero-order chi connectivity index (χ0) is 13.1. The summed E-state index contributed by atoms with van der Waals surface area (Å²) in [4.78, 5) is 13.5. The van der Waals surface area contributed by atoms with Crippen molar-refractivity contribution in [2.75, 3.05) is 26.1 Å². The molecule has 2 rings (SSSR count). The molecule has 18 heavy (non-hydrogen) atoms. The Morgan fingerprint density at radius 2 is 1.89 bits per heavy atom. The molecule has 0 radical (unpaired) electrons. The minimum Gasteiger partial charge on any atom is -0.493 e. The van der Waals surface area contributed by atoms with Gasteiger partial charge in [0.1, 0.15) is 0 Å². The lowest BCUT2D eigenvalue weighted by molar-refractivity contribution is -0.129. The summed E-state index contributed by atoms with van der Waals surface area (Å²) in [7, 11) is 3.25. The van der Waals surface area contributed by atoms with Gasteiger partial charge in [-0.3, -0.25) is 4.79 Å². The van der Waals surface area contributed by atoms with Gasteiger partial charge in [0, 0.05) is 13.1 Å². The average molecular weight is 314 g/mol. The van der Waals surface area contributed by atoms with Gasteiger partial charge in [-0.25, -0.2) is 0 Å². The highest BCUT2D eigenvalue weighted by Crippen LogP contribution is 2.33. The van der Waals surface area contributed by atoms with E-state index >= 15 is 0 Å². The minimum absolute atomic E-state index is 0.121. The third kappa shape index (κ3) is 2.46.